The second kappa shape index (κ2) is 64.9. The van der Waals surface area contributed by atoms with Gasteiger partial charge >= 0.3 is 17.9 Å². The zero-order valence-electron chi connectivity index (χ0n) is 51.4. The van der Waals surface area contributed by atoms with Crippen molar-refractivity contribution in [1.82, 2.24) is 0 Å². The van der Waals surface area contributed by atoms with Gasteiger partial charge in [0.05, 0.1) is 0 Å². The van der Waals surface area contributed by atoms with Crippen LogP contribution in [0.4, 0.5) is 0 Å². The molecule has 0 fully saturated rings. The van der Waals surface area contributed by atoms with Gasteiger partial charge in [-0.25, -0.2) is 0 Å². The summed E-state index contributed by atoms with van der Waals surface area (Å²) in [6.07, 6.45) is 76.0. The van der Waals surface area contributed by atoms with Crippen LogP contribution in [-0.4, -0.2) is 37.2 Å². The molecule has 0 aromatic heterocycles. The van der Waals surface area contributed by atoms with E-state index in [0.717, 1.165) is 57.8 Å². The van der Waals surface area contributed by atoms with Crippen molar-refractivity contribution in [3.8, 4) is 0 Å². The molecule has 0 aliphatic carbocycles. The van der Waals surface area contributed by atoms with Crippen molar-refractivity contribution in [2.75, 3.05) is 13.2 Å². The standard InChI is InChI=1S/C69H134O6/c1-4-7-10-13-16-18-20-22-24-26-28-30-31-32-33-34-35-36-37-39-40-42-44-46-48-50-53-56-59-62-68(71)74-65-66(64-73-67(70)61-58-55-52-15-12-9-6-3)75-69(72)63-60-57-54-51-49-47-45-43-41-38-29-27-25-23-21-19-17-14-11-8-5-2/h66H,4-65H2,1-3H3. The van der Waals surface area contributed by atoms with Crippen LogP contribution in [0.15, 0.2) is 0 Å². The molecule has 0 rings (SSSR count). The topological polar surface area (TPSA) is 78.9 Å². The van der Waals surface area contributed by atoms with E-state index in [9.17, 15) is 14.4 Å². The van der Waals surface area contributed by atoms with Crippen molar-refractivity contribution in [2.24, 2.45) is 0 Å². The molecular weight excluding hydrogens is 925 g/mol. The number of rotatable bonds is 65. The van der Waals surface area contributed by atoms with Crippen LogP contribution in [0.2, 0.25) is 0 Å². The maximum absolute atomic E-state index is 12.9. The van der Waals surface area contributed by atoms with Crippen molar-refractivity contribution < 1.29 is 28.6 Å². The molecule has 0 spiro atoms. The van der Waals surface area contributed by atoms with Gasteiger partial charge in [-0.1, -0.05) is 367 Å². The lowest BCUT2D eigenvalue weighted by Gasteiger charge is -2.18. The highest BCUT2D eigenvalue weighted by Crippen LogP contribution is 2.19. The number of hydrogen-bond donors (Lipinski definition) is 0. The van der Waals surface area contributed by atoms with Crippen molar-refractivity contribution in [3.05, 3.63) is 0 Å². The average Bonchev–Trinajstić information content (AvgIpc) is 3.41. The first kappa shape index (κ1) is 73.4. The van der Waals surface area contributed by atoms with Gasteiger partial charge in [0, 0.05) is 19.3 Å². The molecule has 1 unspecified atom stereocenters. The number of carbonyl (C=O) groups excluding carboxylic acids is 3. The highest BCUT2D eigenvalue weighted by molar-refractivity contribution is 5.71. The Morgan fingerprint density at radius 1 is 0.213 bits per heavy atom. The number of unbranched alkanes of at least 4 members (excludes halogenated alkanes) is 54. The van der Waals surface area contributed by atoms with Crippen molar-refractivity contribution in [1.29, 1.82) is 0 Å². The summed E-state index contributed by atoms with van der Waals surface area (Å²) in [7, 11) is 0. The lowest BCUT2D eigenvalue weighted by Crippen LogP contribution is -2.30. The lowest BCUT2D eigenvalue weighted by molar-refractivity contribution is -0.167. The third-order valence-electron chi connectivity index (χ3n) is 16.1. The Morgan fingerprint density at radius 2 is 0.360 bits per heavy atom. The van der Waals surface area contributed by atoms with E-state index in [1.54, 1.807) is 0 Å². The third kappa shape index (κ3) is 63.1. The first-order chi connectivity index (χ1) is 37.0. The predicted octanol–water partition coefficient (Wildman–Crippen LogP) is 23.5. The maximum Gasteiger partial charge on any atom is 0.306 e. The normalized spacial score (nSPS) is 11.9. The zero-order valence-corrected chi connectivity index (χ0v) is 51.4. The Morgan fingerprint density at radius 3 is 0.533 bits per heavy atom. The van der Waals surface area contributed by atoms with Gasteiger partial charge in [-0.05, 0) is 19.3 Å². The molecule has 1 atom stereocenters. The molecule has 75 heavy (non-hydrogen) atoms. The minimum absolute atomic E-state index is 0.0614. The molecule has 0 bridgehead atoms. The van der Waals surface area contributed by atoms with Gasteiger partial charge in [-0.2, -0.15) is 0 Å². The molecule has 0 aromatic rings. The van der Waals surface area contributed by atoms with Crippen LogP contribution >= 0.6 is 0 Å². The van der Waals surface area contributed by atoms with E-state index in [4.69, 9.17) is 14.2 Å². The molecule has 0 N–H and O–H groups in total. The second-order valence-electron chi connectivity index (χ2n) is 23.8. The van der Waals surface area contributed by atoms with Crippen LogP contribution < -0.4 is 0 Å². The summed E-state index contributed by atoms with van der Waals surface area (Å²) in [6, 6.07) is 0. The maximum atomic E-state index is 12.9. The van der Waals surface area contributed by atoms with E-state index >= 15 is 0 Å². The third-order valence-corrected chi connectivity index (χ3v) is 16.1. The van der Waals surface area contributed by atoms with Gasteiger partial charge in [-0.15, -0.1) is 0 Å². The fraction of sp³-hybridized carbons (Fsp3) is 0.957. The number of ether oxygens (including phenoxy) is 3. The van der Waals surface area contributed by atoms with Crippen LogP contribution in [0.1, 0.15) is 406 Å². The second-order valence-corrected chi connectivity index (χ2v) is 23.8. The van der Waals surface area contributed by atoms with E-state index in [2.05, 4.69) is 20.8 Å². The number of hydrogen-bond acceptors (Lipinski definition) is 6. The van der Waals surface area contributed by atoms with E-state index in [1.165, 1.54) is 308 Å². The van der Waals surface area contributed by atoms with E-state index in [0.29, 0.717) is 19.3 Å². The molecule has 0 amide bonds. The molecule has 0 aliphatic heterocycles. The minimum atomic E-state index is -0.761. The Labute approximate surface area is 469 Å². The molecule has 446 valence electrons. The van der Waals surface area contributed by atoms with Crippen molar-refractivity contribution in [3.63, 3.8) is 0 Å². The molecule has 0 aliphatic rings. The Hall–Kier alpha value is -1.59. The van der Waals surface area contributed by atoms with E-state index in [-0.39, 0.29) is 31.1 Å². The van der Waals surface area contributed by atoms with E-state index in [1.807, 2.05) is 0 Å². The Bertz CT molecular complexity index is 1120. The van der Waals surface area contributed by atoms with Gasteiger partial charge < -0.3 is 14.2 Å². The fourth-order valence-corrected chi connectivity index (χ4v) is 10.9. The Kier molecular flexibility index (Phi) is 63.6. The smallest absolute Gasteiger partial charge is 0.306 e. The lowest BCUT2D eigenvalue weighted by atomic mass is 10.0. The van der Waals surface area contributed by atoms with Crippen LogP contribution in [0, 0.1) is 0 Å². The first-order valence-electron chi connectivity index (χ1n) is 34.5. The summed E-state index contributed by atoms with van der Waals surface area (Å²) >= 11 is 0. The summed E-state index contributed by atoms with van der Waals surface area (Å²) in [5.74, 6) is -0.834. The molecule has 0 saturated carbocycles. The largest absolute Gasteiger partial charge is 0.462 e. The number of esters is 3. The van der Waals surface area contributed by atoms with Crippen LogP contribution in [0.25, 0.3) is 0 Å². The molecule has 0 heterocycles. The summed E-state index contributed by atoms with van der Waals surface area (Å²) in [5.41, 5.74) is 0. The van der Waals surface area contributed by atoms with Crippen LogP contribution in [0.5, 0.6) is 0 Å². The summed E-state index contributed by atoms with van der Waals surface area (Å²) < 4.78 is 16.9. The number of carbonyl (C=O) groups is 3. The fourth-order valence-electron chi connectivity index (χ4n) is 10.9. The van der Waals surface area contributed by atoms with Crippen LogP contribution in [0.3, 0.4) is 0 Å². The highest BCUT2D eigenvalue weighted by atomic mass is 16.6. The molecule has 0 aromatic carbocycles. The minimum Gasteiger partial charge on any atom is -0.462 e. The van der Waals surface area contributed by atoms with Gasteiger partial charge in [0.2, 0.25) is 0 Å². The van der Waals surface area contributed by atoms with Gasteiger partial charge in [0.25, 0.3) is 0 Å². The van der Waals surface area contributed by atoms with Gasteiger partial charge in [0.1, 0.15) is 13.2 Å². The molecule has 0 radical (unpaired) electrons. The molecular formula is C69H134O6. The van der Waals surface area contributed by atoms with Gasteiger partial charge in [-0.3, -0.25) is 14.4 Å². The average molecular weight is 1060 g/mol. The first-order valence-corrected chi connectivity index (χ1v) is 34.5. The summed E-state index contributed by atoms with van der Waals surface area (Å²) in [6.45, 7) is 6.69. The van der Waals surface area contributed by atoms with Crippen LogP contribution in [-0.2, 0) is 28.6 Å². The monoisotopic (exact) mass is 1060 g/mol. The van der Waals surface area contributed by atoms with E-state index < -0.39 is 6.10 Å². The summed E-state index contributed by atoms with van der Waals surface area (Å²) in [4.78, 5) is 38.1. The van der Waals surface area contributed by atoms with Crippen molar-refractivity contribution >= 4 is 17.9 Å². The zero-order chi connectivity index (χ0) is 54.3. The van der Waals surface area contributed by atoms with Gasteiger partial charge in [0.15, 0.2) is 6.10 Å². The predicted molar refractivity (Wildman–Crippen MR) is 326 cm³/mol. The van der Waals surface area contributed by atoms with Crippen molar-refractivity contribution in [2.45, 2.75) is 412 Å². The SMILES string of the molecule is CCCCCCCCCCCCCCCCCCCCCCCCCCCCCCCC(=O)OCC(COC(=O)CCCCCCCCC)OC(=O)CCCCCCCCCCCCCCCCCCCCCCC. The molecule has 6 heteroatoms. The quantitative estimate of drug-likeness (QED) is 0.0343. The summed E-state index contributed by atoms with van der Waals surface area (Å²) in [5, 5.41) is 0. The molecule has 6 nitrogen and oxygen atoms in total. The highest BCUT2D eigenvalue weighted by Gasteiger charge is 2.19. The molecule has 0 saturated heterocycles. The Balaban J connectivity index is 3.98.